The Hall–Kier alpha value is -3.74. The Kier molecular flexibility index (Phi) is 10.8. The van der Waals surface area contributed by atoms with E-state index in [9.17, 15) is 29.7 Å². The van der Waals surface area contributed by atoms with Crippen LogP contribution >= 0.6 is 11.6 Å². The first-order valence-electron chi connectivity index (χ1n) is 12.0. The monoisotopic (exact) mass is 546 g/mol. The van der Waals surface area contributed by atoms with Gasteiger partial charge in [0, 0.05) is 58.2 Å². The average Bonchev–Trinajstić information content (AvgIpc) is 2.85. The molecule has 204 valence electrons. The molecule has 0 unspecified atom stereocenters. The second-order valence-electron chi connectivity index (χ2n) is 8.85. The molecule has 3 heterocycles. The van der Waals surface area contributed by atoms with Gasteiger partial charge in [0.05, 0.1) is 24.5 Å². The van der Waals surface area contributed by atoms with Gasteiger partial charge in [0.1, 0.15) is 17.4 Å². The second kappa shape index (κ2) is 14.3. The zero-order valence-electron chi connectivity index (χ0n) is 20.8. The molecule has 0 bridgehead atoms. The highest BCUT2D eigenvalue weighted by Gasteiger charge is 2.18. The summed E-state index contributed by atoms with van der Waals surface area (Å²) in [6.07, 6.45) is 3.43. The minimum atomic E-state index is -1.13. The molecule has 0 amide bonds. The Morgan fingerprint density at radius 3 is 1.97 bits per heavy atom. The van der Waals surface area contributed by atoms with E-state index in [1.165, 1.54) is 6.07 Å². The number of carboxylic acid groups (broad SMARTS) is 3. The number of aromatic nitrogens is 2. The molecule has 0 saturated heterocycles. The summed E-state index contributed by atoms with van der Waals surface area (Å²) < 4.78 is 0. The number of nitrogens with zero attached hydrogens (tertiary/aromatic N) is 6. The third-order valence-corrected chi connectivity index (χ3v) is 6.08. The van der Waals surface area contributed by atoms with Crippen LogP contribution in [-0.2, 0) is 22.7 Å². The van der Waals surface area contributed by atoms with E-state index >= 15 is 0 Å². The molecule has 2 aromatic heterocycles. The topological polar surface area (TPSA) is 151 Å². The molecule has 38 heavy (non-hydrogen) atoms. The van der Waals surface area contributed by atoms with Crippen LogP contribution in [0.5, 0.6) is 0 Å². The SMILES string of the molecule is O=C(O)CN1/C=C\N(Cc2cccc(C(=O)O)n2)CCN(CC(=O)O)CCN(Cc2cccc(Cl)n2)CC1. The van der Waals surface area contributed by atoms with Crippen LogP contribution in [0.3, 0.4) is 0 Å². The van der Waals surface area contributed by atoms with E-state index in [2.05, 4.69) is 14.9 Å². The van der Waals surface area contributed by atoms with Crippen LogP contribution in [0.15, 0.2) is 48.8 Å². The molecule has 2 aromatic rings. The highest BCUT2D eigenvalue weighted by molar-refractivity contribution is 6.29. The summed E-state index contributed by atoms with van der Waals surface area (Å²) in [4.78, 5) is 50.4. The van der Waals surface area contributed by atoms with Crippen LogP contribution < -0.4 is 0 Å². The molecule has 0 saturated carbocycles. The standard InChI is InChI=1S/C25H31ClN6O6/c26-22-6-2-4-20(28-22)16-30-9-13-31(17-23(33)34)11-7-29(8-12-32(14-10-30)18-24(35)36)15-19-3-1-5-21(27-19)25(37)38/h1-7,11H,8-10,12-18H2,(H,33,34)(H,35,36)(H,37,38)/b11-7-. The molecule has 1 aliphatic heterocycles. The first-order chi connectivity index (χ1) is 18.2. The predicted molar refractivity (Wildman–Crippen MR) is 139 cm³/mol. The summed E-state index contributed by atoms with van der Waals surface area (Å²) in [5, 5.41) is 28.5. The van der Waals surface area contributed by atoms with Crippen molar-refractivity contribution in [3.8, 4) is 0 Å². The summed E-state index contributed by atoms with van der Waals surface area (Å²) in [5.41, 5.74) is 1.21. The Balaban J connectivity index is 1.83. The zero-order chi connectivity index (χ0) is 27.5. The van der Waals surface area contributed by atoms with Gasteiger partial charge in [0.2, 0.25) is 0 Å². The number of rotatable bonds is 9. The molecule has 13 heteroatoms. The predicted octanol–water partition coefficient (Wildman–Crippen LogP) is 1.39. The maximum absolute atomic E-state index is 11.5. The van der Waals surface area contributed by atoms with Crippen molar-refractivity contribution in [1.82, 2.24) is 29.6 Å². The largest absolute Gasteiger partial charge is 0.480 e. The van der Waals surface area contributed by atoms with Gasteiger partial charge in [-0.1, -0.05) is 23.7 Å². The summed E-state index contributed by atoms with van der Waals surface area (Å²) in [5.74, 6) is -3.04. The maximum atomic E-state index is 11.5. The van der Waals surface area contributed by atoms with Gasteiger partial charge in [-0.3, -0.25) is 19.4 Å². The van der Waals surface area contributed by atoms with Crippen molar-refractivity contribution in [1.29, 1.82) is 0 Å². The summed E-state index contributed by atoms with van der Waals surface area (Å²) in [6, 6.07) is 10.1. The maximum Gasteiger partial charge on any atom is 0.354 e. The number of aromatic carboxylic acids is 1. The summed E-state index contributed by atoms with van der Waals surface area (Å²) in [6.45, 7) is 3.15. The van der Waals surface area contributed by atoms with Crippen molar-refractivity contribution in [3.63, 3.8) is 0 Å². The first kappa shape index (κ1) is 28.8. The van der Waals surface area contributed by atoms with E-state index in [4.69, 9.17) is 11.6 Å². The lowest BCUT2D eigenvalue weighted by atomic mass is 10.2. The van der Waals surface area contributed by atoms with Gasteiger partial charge in [0.25, 0.3) is 0 Å². The Morgan fingerprint density at radius 1 is 0.711 bits per heavy atom. The van der Waals surface area contributed by atoms with Crippen LogP contribution in [0.4, 0.5) is 0 Å². The normalized spacial score (nSPS) is 16.9. The number of pyridine rings is 2. The fourth-order valence-electron chi connectivity index (χ4n) is 3.99. The van der Waals surface area contributed by atoms with Gasteiger partial charge >= 0.3 is 17.9 Å². The van der Waals surface area contributed by atoms with Crippen molar-refractivity contribution >= 4 is 29.5 Å². The van der Waals surface area contributed by atoms with Gasteiger partial charge in [-0.15, -0.1) is 0 Å². The van der Waals surface area contributed by atoms with Crippen molar-refractivity contribution in [3.05, 3.63) is 71.0 Å². The Labute approximate surface area is 225 Å². The molecule has 0 radical (unpaired) electrons. The zero-order valence-corrected chi connectivity index (χ0v) is 21.6. The molecule has 0 aromatic carbocycles. The molecule has 0 atom stereocenters. The van der Waals surface area contributed by atoms with Crippen LogP contribution in [0, 0.1) is 0 Å². The van der Waals surface area contributed by atoms with E-state index in [1.807, 2.05) is 21.9 Å². The van der Waals surface area contributed by atoms with Crippen LogP contribution in [0.1, 0.15) is 21.9 Å². The van der Waals surface area contributed by atoms with Crippen molar-refractivity contribution in [2.75, 3.05) is 52.4 Å². The number of hydrogen-bond acceptors (Lipinski definition) is 9. The van der Waals surface area contributed by atoms with Crippen molar-refractivity contribution in [2.45, 2.75) is 13.1 Å². The summed E-state index contributed by atoms with van der Waals surface area (Å²) >= 11 is 6.04. The first-order valence-corrected chi connectivity index (χ1v) is 12.4. The molecule has 12 nitrogen and oxygen atoms in total. The van der Waals surface area contributed by atoms with Crippen molar-refractivity contribution in [2.24, 2.45) is 0 Å². The van der Waals surface area contributed by atoms with Gasteiger partial charge in [-0.2, -0.15) is 0 Å². The van der Waals surface area contributed by atoms with Gasteiger partial charge in [0.15, 0.2) is 0 Å². The second-order valence-corrected chi connectivity index (χ2v) is 9.24. The highest BCUT2D eigenvalue weighted by atomic mass is 35.5. The smallest absolute Gasteiger partial charge is 0.354 e. The molecule has 0 fully saturated rings. The molecular weight excluding hydrogens is 516 g/mol. The quantitative estimate of drug-likeness (QED) is 0.390. The van der Waals surface area contributed by atoms with Crippen LogP contribution in [0.2, 0.25) is 5.15 Å². The van der Waals surface area contributed by atoms with E-state index in [0.29, 0.717) is 56.7 Å². The lowest BCUT2D eigenvalue weighted by Gasteiger charge is -2.32. The molecular formula is C25H31ClN6O6. The third-order valence-electron chi connectivity index (χ3n) is 5.87. The van der Waals surface area contributed by atoms with E-state index < -0.39 is 17.9 Å². The van der Waals surface area contributed by atoms with E-state index in [1.54, 1.807) is 35.5 Å². The summed E-state index contributed by atoms with van der Waals surface area (Å²) in [7, 11) is 0. The van der Waals surface area contributed by atoms with E-state index in [-0.39, 0.29) is 25.3 Å². The molecule has 3 rings (SSSR count). The van der Waals surface area contributed by atoms with Gasteiger partial charge < -0.3 is 25.1 Å². The number of halogens is 1. The number of carboxylic acids is 3. The van der Waals surface area contributed by atoms with Gasteiger partial charge in [-0.05, 0) is 24.3 Å². The van der Waals surface area contributed by atoms with Crippen molar-refractivity contribution < 1.29 is 29.7 Å². The van der Waals surface area contributed by atoms with E-state index in [0.717, 1.165) is 5.69 Å². The van der Waals surface area contributed by atoms with Crippen LogP contribution in [-0.4, -0.2) is 115 Å². The number of aliphatic carboxylic acids is 2. The molecule has 3 N–H and O–H groups in total. The van der Waals surface area contributed by atoms with Gasteiger partial charge in [-0.25, -0.2) is 14.8 Å². The minimum absolute atomic E-state index is 0.0740. The molecule has 0 aliphatic carbocycles. The third kappa shape index (κ3) is 9.96. The Bertz CT molecular complexity index is 1150. The minimum Gasteiger partial charge on any atom is -0.480 e. The van der Waals surface area contributed by atoms with Crippen LogP contribution in [0.25, 0.3) is 0 Å². The Morgan fingerprint density at radius 2 is 1.29 bits per heavy atom. The lowest BCUT2D eigenvalue weighted by Crippen LogP contribution is -2.43. The lowest BCUT2D eigenvalue weighted by molar-refractivity contribution is -0.139. The fourth-order valence-corrected chi connectivity index (χ4v) is 4.17. The molecule has 1 aliphatic rings. The number of carbonyl (C=O) groups is 3. The highest BCUT2D eigenvalue weighted by Crippen LogP contribution is 2.11. The average molecular weight is 547 g/mol. The fraction of sp³-hybridized carbons (Fsp3) is 0.400. The molecule has 0 spiro atoms. The number of hydrogen-bond donors (Lipinski definition) is 3.